The van der Waals surface area contributed by atoms with E-state index >= 15 is 0 Å². The van der Waals surface area contributed by atoms with E-state index in [2.05, 4.69) is 5.32 Å². The van der Waals surface area contributed by atoms with E-state index in [0.717, 1.165) is 37.7 Å². The Balaban J connectivity index is 1.85. The predicted octanol–water partition coefficient (Wildman–Crippen LogP) is 4.56. The fourth-order valence-corrected chi connectivity index (χ4v) is 5.94. The predicted molar refractivity (Wildman–Crippen MR) is 128 cm³/mol. The molecule has 0 aliphatic heterocycles. The minimum atomic E-state index is -3.94. The average molecular weight is 495 g/mol. The third kappa shape index (κ3) is 6.19. The number of nitrogens with zero attached hydrogens (tertiary/aromatic N) is 1. The van der Waals surface area contributed by atoms with E-state index in [4.69, 9.17) is 21.1 Å². The van der Waals surface area contributed by atoms with Crippen molar-refractivity contribution < 1.29 is 22.7 Å². The lowest BCUT2D eigenvalue weighted by Crippen LogP contribution is -2.47. The summed E-state index contributed by atoms with van der Waals surface area (Å²) in [5, 5.41) is 3.53. The number of methoxy groups -OCH3 is 2. The molecule has 1 N–H and O–H groups in total. The van der Waals surface area contributed by atoms with Crippen LogP contribution in [0.1, 0.15) is 50.6 Å². The van der Waals surface area contributed by atoms with E-state index in [9.17, 15) is 13.2 Å². The molecule has 0 bridgehead atoms. The van der Waals surface area contributed by atoms with Gasteiger partial charge in [0.05, 0.1) is 31.7 Å². The second kappa shape index (κ2) is 11.2. The van der Waals surface area contributed by atoms with Crippen molar-refractivity contribution >= 4 is 27.5 Å². The SMILES string of the molecule is COc1ccc(S(=O)(=O)N(CC(=O)N[C@H](C)c2ccc(Cl)cc2)C2CCCCC2)cc1OC. The molecule has 1 aliphatic rings. The fourth-order valence-electron chi connectivity index (χ4n) is 4.16. The van der Waals surface area contributed by atoms with Gasteiger partial charge < -0.3 is 14.8 Å². The highest BCUT2D eigenvalue weighted by atomic mass is 35.5. The largest absolute Gasteiger partial charge is 0.493 e. The number of carbonyl (C=O) groups excluding carboxylic acids is 1. The minimum Gasteiger partial charge on any atom is -0.493 e. The first-order valence-electron chi connectivity index (χ1n) is 11.0. The Morgan fingerprint density at radius 2 is 1.70 bits per heavy atom. The van der Waals surface area contributed by atoms with Gasteiger partial charge in [-0.25, -0.2) is 8.42 Å². The fraction of sp³-hybridized carbons (Fsp3) is 0.458. The molecule has 7 nitrogen and oxygen atoms in total. The minimum absolute atomic E-state index is 0.0734. The van der Waals surface area contributed by atoms with Gasteiger partial charge in [-0.15, -0.1) is 0 Å². The number of amides is 1. The van der Waals surface area contributed by atoms with E-state index in [1.54, 1.807) is 18.2 Å². The van der Waals surface area contributed by atoms with Gasteiger partial charge in [0.1, 0.15) is 0 Å². The Bertz CT molecular complexity index is 1050. The maximum absolute atomic E-state index is 13.7. The van der Waals surface area contributed by atoms with Crippen LogP contribution in [-0.4, -0.2) is 45.4 Å². The normalized spacial score (nSPS) is 15.8. The zero-order valence-corrected chi connectivity index (χ0v) is 20.8. The Hall–Kier alpha value is -2.29. The van der Waals surface area contributed by atoms with Crippen LogP contribution in [0.15, 0.2) is 47.4 Å². The van der Waals surface area contributed by atoms with Crippen LogP contribution < -0.4 is 14.8 Å². The monoisotopic (exact) mass is 494 g/mol. The molecule has 3 rings (SSSR count). The van der Waals surface area contributed by atoms with Crippen molar-refractivity contribution in [1.29, 1.82) is 0 Å². The average Bonchev–Trinajstić information content (AvgIpc) is 2.82. The molecule has 1 aliphatic carbocycles. The highest BCUT2D eigenvalue weighted by Crippen LogP contribution is 2.33. The quantitative estimate of drug-likeness (QED) is 0.552. The van der Waals surface area contributed by atoms with Crippen molar-refractivity contribution in [2.24, 2.45) is 0 Å². The van der Waals surface area contributed by atoms with Gasteiger partial charge in [0.15, 0.2) is 11.5 Å². The first kappa shape index (κ1) is 25.3. The number of carbonyl (C=O) groups is 1. The highest BCUT2D eigenvalue weighted by molar-refractivity contribution is 7.89. The molecule has 9 heteroatoms. The topological polar surface area (TPSA) is 84.9 Å². The Labute approximate surface area is 201 Å². The molecule has 0 spiro atoms. The summed E-state index contributed by atoms with van der Waals surface area (Å²) >= 11 is 5.95. The maximum Gasteiger partial charge on any atom is 0.243 e. The molecule has 1 saturated carbocycles. The Morgan fingerprint density at radius 1 is 1.06 bits per heavy atom. The van der Waals surface area contributed by atoms with E-state index in [1.807, 2.05) is 19.1 Å². The number of ether oxygens (including phenoxy) is 2. The lowest BCUT2D eigenvalue weighted by molar-refractivity contribution is -0.122. The summed E-state index contributed by atoms with van der Waals surface area (Å²) in [6.45, 7) is 1.61. The molecule has 2 aromatic carbocycles. The molecule has 0 unspecified atom stereocenters. The van der Waals surface area contributed by atoms with Gasteiger partial charge in [0.2, 0.25) is 15.9 Å². The van der Waals surface area contributed by atoms with Crippen LogP contribution >= 0.6 is 11.6 Å². The molecule has 0 radical (unpaired) electrons. The van der Waals surface area contributed by atoms with Crippen LogP contribution in [0, 0.1) is 0 Å². The van der Waals surface area contributed by atoms with Crippen molar-refractivity contribution in [2.75, 3.05) is 20.8 Å². The zero-order chi connectivity index (χ0) is 24.0. The van der Waals surface area contributed by atoms with E-state index in [0.29, 0.717) is 16.5 Å². The van der Waals surface area contributed by atoms with Gasteiger partial charge in [-0.1, -0.05) is 43.0 Å². The molecule has 1 amide bonds. The molecule has 2 aromatic rings. The molecule has 0 heterocycles. The summed E-state index contributed by atoms with van der Waals surface area (Å²) in [5.41, 5.74) is 0.889. The van der Waals surface area contributed by atoms with E-state index in [-0.39, 0.29) is 29.4 Å². The number of hydrogen-bond acceptors (Lipinski definition) is 5. The molecular weight excluding hydrogens is 464 g/mol. The van der Waals surface area contributed by atoms with Crippen LogP contribution in [0.25, 0.3) is 0 Å². The summed E-state index contributed by atoms with van der Waals surface area (Å²) in [6, 6.07) is 11.2. The highest BCUT2D eigenvalue weighted by Gasteiger charge is 2.34. The first-order valence-corrected chi connectivity index (χ1v) is 12.9. The van der Waals surface area contributed by atoms with E-state index in [1.165, 1.54) is 30.7 Å². The van der Waals surface area contributed by atoms with Gasteiger partial charge >= 0.3 is 0 Å². The summed E-state index contributed by atoms with van der Waals surface area (Å²) in [5.74, 6) is 0.408. The number of benzene rings is 2. The molecule has 33 heavy (non-hydrogen) atoms. The first-order chi connectivity index (χ1) is 15.8. The number of hydrogen-bond donors (Lipinski definition) is 1. The number of halogens is 1. The second-order valence-corrected chi connectivity index (χ2v) is 10.5. The lowest BCUT2D eigenvalue weighted by atomic mass is 9.95. The molecule has 0 saturated heterocycles. The Kier molecular flexibility index (Phi) is 8.62. The van der Waals surface area contributed by atoms with E-state index < -0.39 is 10.0 Å². The Morgan fingerprint density at radius 3 is 2.30 bits per heavy atom. The van der Waals surface area contributed by atoms with Gasteiger partial charge in [-0.3, -0.25) is 4.79 Å². The van der Waals surface area contributed by atoms with Crippen molar-refractivity contribution in [3.05, 3.63) is 53.1 Å². The van der Waals surface area contributed by atoms with Crippen LogP contribution in [0.3, 0.4) is 0 Å². The molecule has 1 fully saturated rings. The van der Waals surface area contributed by atoms with Gasteiger partial charge in [0.25, 0.3) is 0 Å². The molecule has 1 atom stereocenters. The van der Waals surface area contributed by atoms with Gasteiger partial charge in [-0.2, -0.15) is 4.31 Å². The molecule has 0 aromatic heterocycles. The van der Waals surface area contributed by atoms with Crippen LogP contribution in [0.5, 0.6) is 11.5 Å². The number of rotatable bonds is 9. The summed E-state index contributed by atoms with van der Waals surface area (Å²) in [7, 11) is -0.990. The third-order valence-corrected chi connectivity index (χ3v) is 8.14. The van der Waals surface area contributed by atoms with Crippen molar-refractivity contribution in [3.8, 4) is 11.5 Å². The van der Waals surface area contributed by atoms with Crippen LogP contribution in [0.2, 0.25) is 5.02 Å². The molecule has 180 valence electrons. The van der Waals surface area contributed by atoms with Crippen molar-refractivity contribution in [1.82, 2.24) is 9.62 Å². The third-order valence-electron chi connectivity index (χ3n) is 5.99. The molecular formula is C24H31ClN2O5S. The van der Waals surface area contributed by atoms with Crippen molar-refractivity contribution in [2.45, 2.75) is 56.0 Å². The second-order valence-electron chi connectivity index (χ2n) is 8.20. The summed E-state index contributed by atoms with van der Waals surface area (Å²) in [4.78, 5) is 13.0. The van der Waals surface area contributed by atoms with Gasteiger partial charge in [0, 0.05) is 17.1 Å². The number of nitrogens with one attached hydrogen (secondary N) is 1. The van der Waals surface area contributed by atoms with Gasteiger partial charge in [-0.05, 0) is 49.6 Å². The maximum atomic E-state index is 13.7. The van der Waals surface area contributed by atoms with Crippen LogP contribution in [0.4, 0.5) is 0 Å². The summed E-state index contributed by atoms with van der Waals surface area (Å²) in [6.07, 6.45) is 4.40. The zero-order valence-electron chi connectivity index (χ0n) is 19.2. The van der Waals surface area contributed by atoms with Crippen LogP contribution in [-0.2, 0) is 14.8 Å². The standard InChI is InChI=1S/C24H31ClN2O5S/c1-17(18-9-11-19(25)12-10-18)26-24(28)16-27(20-7-5-4-6-8-20)33(29,30)21-13-14-22(31-2)23(15-21)32-3/h9-15,17,20H,4-8,16H2,1-3H3,(H,26,28)/t17-/m1/s1. The lowest BCUT2D eigenvalue weighted by Gasteiger charge is -2.33. The van der Waals surface area contributed by atoms with Crippen molar-refractivity contribution in [3.63, 3.8) is 0 Å². The smallest absolute Gasteiger partial charge is 0.243 e. The summed E-state index contributed by atoms with van der Waals surface area (Å²) < 4.78 is 39.2. The number of sulfonamides is 1.